The number of likely N-dealkylation sites (N-methyl/N-ethyl adjacent to an activating group) is 1. The van der Waals surface area contributed by atoms with Gasteiger partial charge in [0.25, 0.3) is 5.91 Å². The van der Waals surface area contributed by atoms with E-state index in [2.05, 4.69) is 4.98 Å². The third-order valence-electron chi connectivity index (χ3n) is 5.52. The van der Waals surface area contributed by atoms with Crippen molar-refractivity contribution in [3.05, 3.63) is 42.0 Å². The molecule has 0 bridgehead atoms. The number of halogens is 1. The second-order valence-corrected chi connectivity index (χ2v) is 9.11. The van der Waals surface area contributed by atoms with Gasteiger partial charge in [-0.3, -0.25) is 24.2 Å². The van der Waals surface area contributed by atoms with Crippen molar-refractivity contribution in [2.24, 2.45) is 0 Å². The summed E-state index contributed by atoms with van der Waals surface area (Å²) in [6.07, 6.45) is 0.379. The Kier molecular flexibility index (Phi) is 6.74. The third kappa shape index (κ3) is 4.44. The fourth-order valence-corrected chi connectivity index (χ4v) is 4.80. The Morgan fingerprint density at radius 3 is 2.47 bits per heavy atom. The number of aromatic nitrogens is 1. The zero-order valence-corrected chi connectivity index (χ0v) is 20.3. The molecule has 178 valence electrons. The van der Waals surface area contributed by atoms with Gasteiger partial charge in [-0.2, -0.15) is 0 Å². The molecule has 9 nitrogen and oxygen atoms in total. The first-order chi connectivity index (χ1) is 15.9. The summed E-state index contributed by atoms with van der Waals surface area (Å²) >= 11 is 1.40. The number of hydrogen-bond acceptors (Lipinski definition) is 8. The van der Waals surface area contributed by atoms with E-state index in [4.69, 9.17) is 9.47 Å². The van der Waals surface area contributed by atoms with Crippen LogP contribution in [0.2, 0.25) is 0 Å². The number of ether oxygens (including phenoxy) is 2. The van der Waals surface area contributed by atoms with Crippen LogP contribution in [0.5, 0.6) is 11.5 Å². The van der Waals surface area contributed by atoms with Gasteiger partial charge in [0, 0.05) is 43.6 Å². The van der Waals surface area contributed by atoms with E-state index < -0.39 is 0 Å². The standard InChI is InChI=1S/C23H22N4O5S.ClH/c1-25(2)8-9-26(23-24-16-11-17-18(32-13-31-17)12-19(16)33-23)22(30)14-4-3-5-15(10-14)27-20(28)6-7-21(27)29;/h3-5,10-12H,6-9,13H2,1-2H3;1H. The Bertz CT molecular complexity index is 1220. The number of imide groups is 1. The predicted molar refractivity (Wildman–Crippen MR) is 131 cm³/mol. The van der Waals surface area contributed by atoms with Gasteiger partial charge in [0.15, 0.2) is 16.6 Å². The summed E-state index contributed by atoms with van der Waals surface area (Å²) in [6, 6.07) is 10.3. The number of benzene rings is 2. The van der Waals surface area contributed by atoms with Gasteiger partial charge >= 0.3 is 0 Å². The second-order valence-electron chi connectivity index (χ2n) is 8.10. The Hall–Kier alpha value is -3.21. The molecular weight excluding hydrogens is 480 g/mol. The molecule has 34 heavy (non-hydrogen) atoms. The molecule has 2 aliphatic rings. The average Bonchev–Trinajstić information content (AvgIpc) is 3.50. The van der Waals surface area contributed by atoms with Gasteiger partial charge in [0.1, 0.15) is 0 Å². The van der Waals surface area contributed by atoms with Crippen LogP contribution in [0.15, 0.2) is 36.4 Å². The Morgan fingerprint density at radius 2 is 1.76 bits per heavy atom. The maximum Gasteiger partial charge on any atom is 0.260 e. The number of carbonyl (C=O) groups is 3. The molecule has 3 amide bonds. The van der Waals surface area contributed by atoms with Crippen molar-refractivity contribution in [1.82, 2.24) is 9.88 Å². The minimum absolute atomic E-state index is 0. The second kappa shape index (κ2) is 9.57. The van der Waals surface area contributed by atoms with Gasteiger partial charge in [0.2, 0.25) is 18.6 Å². The van der Waals surface area contributed by atoms with Crippen molar-refractivity contribution in [3.8, 4) is 11.5 Å². The lowest BCUT2D eigenvalue weighted by Crippen LogP contribution is -2.37. The number of thiazole rings is 1. The highest BCUT2D eigenvalue weighted by Gasteiger charge is 2.31. The number of hydrogen-bond donors (Lipinski definition) is 0. The molecule has 0 atom stereocenters. The first-order valence-corrected chi connectivity index (χ1v) is 11.3. The number of nitrogens with zero attached hydrogens (tertiary/aromatic N) is 4. The lowest BCUT2D eigenvalue weighted by molar-refractivity contribution is -0.121. The van der Waals surface area contributed by atoms with Gasteiger partial charge < -0.3 is 14.4 Å². The van der Waals surface area contributed by atoms with E-state index in [0.29, 0.717) is 41.0 Å². The first-order valence-electron chi connectivity index (χ1n) is 10.5. The van der Waals surface area contributed by atoms with E-state index in [9.17, 15) is 14.4 Å². The summed E-state index contributed by atoms with van der Waals surface area (Å²) in [6.45, 7) is 1.24. The molecule has 3 aromatic rings. The monoisotopic (exact) mass is 502 g/mol. The molecule has 1 aromatic heterocycles. The largest absolute Gasteiger partial charge is 0.454 e. The molecule has 0 unspecified atom stereocenters. The van der Waals surface area contributed by atoms with Crippen molar-refractivity contribution in [2.75, 3.05) is 43.8 Å². The van der Waals surface area contributed by atoms with Crippen LogP contribution < -0.4 is 19.3 Å². The van der Waals surface area contributed by atoms with Crippen LogP contribution >= 0.6 is 23.7 Å². The summed E-state index contributed by atoms with van der Waals surface area (Å²) in [5, 5.41) is 0.555. The highest BCUT2D eigenvalue weighted by atomic mass is 35.5. The fraction of sp³-hybridized carbons (Fsp3) is 0.304. The minimum atomic E-state index is -0.253. The Morgan fingerprint density at radius 1 is 1.06 bits per heavy atom. The average molecular weight is 503 g/mol. The Balaban J connectivity index is 0.00000274. The van der Waals surface area contributed by atoms with Crippen LogP contribution in [0, 0.1) is 0 Å². The van der Waals surface area contributed by atoms with Crippen molar-refractivity contribution < 1.29 is 23.9 Å². The number of carbonyl (C=O) groups excluding carboxylic acids is 3. The van der Waals surface area contributed by atoms with Crippen LogP contribution in [0.4, 0.5) is 10.8 Å². The van der Waals surface area contributed by atoms with Gasteiger partial charge in [0.05, 0.1) is 15.9 Å². The molecule has 2 aromatic carbocycles. The lowest BCUT2D eigenvalue weighted by atomic mass is 10.1. The van der Waals surface area contributed by atoms with Gasteiger partial charge in [-0.15, -0.1) is 12.4 Å². The maximum absolute atomic E-state index is 13.6. The molecule has 2 aliphatic heterocycles. The normalized spacial score (nSPS) is 14.7. The summed E-state index contributed by atoms with van der Waals surface area (Å²) in [7, 11) is 3.87. The molecular formula is C23H23ClN4O5S. The number of anilines is 2. The number of fused-ring (bicyclic) bond motifs is 2. The minimum Gasteiger partial charge on any atom is -0.454 e. The highest BCUT2D eigenvalue weighted by molar-refractivity contribution is 7.22. The first kappa shape index (κ1) is 23.9. The van der Waals surface area contributed by atoms with E-state index in [-0.39, 0.29) is 49.8 Å². The van der Waals surface area contributed by atoms with E-state index in [0.717, 1.165) is 15.1 Å². The number of rotatable bonds is 6. The molecule has 3 heterocycles. The maximum atomic E-state index is 13.6. The third-order valence-corrected chi connectivity index (χ3v) is 6.56. The predicted octanol–water partition coefficient (Wildman–Crippen LogP) is 3.31. The van der Waals surface area contributed by atoms with Gasteiger partial charge in [-0.1, -0.05) is 17.4 Å². The molecule has 0 N–H and O–H groups in total. The van der Waals surface area contributed by atoms with Crippen molar-refractivity contribution >= 4 is 62.5 Å². The zero-order valence-electron chi connectivity index (χ0n) is 18.6. The zero-order chi connectivity index (χ0) is 23.1. The van der Waals surface area contributed by atoms with Crippen molar-refractivity contribution in [2.45, 2.75) is 12.8 Å². The molecule has 0 radical (unpaired) electrons. The summed E-state index contributed by atoms with van der Waals surface area (Å²) in [5.41, 5.74) is 1.52. The van der Waals surface area contributed by atoms with Crippen LogP contribution in [0.3, 0.4) is 0 Å². The molecule has 0 spiro atoms. The van der Waals surface area contributed by atoms with Crippen LogP contribution in [0.25, 0.3) is 10.2 Å². The van der Waals surface area contributed by atoms with Crippen LogP contribution in [0.1, 0.15) is 23.2 Å². The molecule has 1 saturated heterocycles. The molecule has 5 rings (SSSR count). The molecule has 0 saturated carbocycles. The summed E-state index contributed by atoms with van der Waals surface area (Å²) < 4.78 is 11.8. The fourth-order valence-electron chi connectivity index (χ4n) is 3.80. The van der Waals surface area contributed by atoms with Crippen molar-refractivity contribution in [3.63, 3.8) is 0 Å². The van der Waals surface area contributed by atoms with Crippen LogP contribution in [-0.4, -0.2) is 61.6 Å². The topological polar surface area (TPSA) is 92.3 Å². The van der Waals surface area contributed by atoms with Gasteiger partial charge in [-0.05, 0) is 32.3 Å². The molecule has 11 heteroatoms. The SMILES string of the molecule is CN(C)CCN(C(=O)c1cccc(N2C(=O)CCC2=O)c1)c1nc2cc3c(cc2s1)OCO3.Cl. The smallest absolute Gasteiger partial charge is 0.260 e. The van der Waals surface area contributed by atoms with Crippen LogP contribution in [-0.2, 0) is 9.59 Å². The molecule has 1 fully saturated rings. The highest BCUT2D eigenvalue weighted by Crippen LogP contribution is 2.40. The Labute approximate surface area is 206 Å². The lowest BCUT2D eigenvalue weighted by Gasteiger charge is -2.22. The van der Waals surface area contributed by atoms with Crippen molar-refractivity contribution in [1.29, 1.82) is 0 Å². The van der Waals surface area contributed by atoms with E-state index in [1.807, 2.05) is 31.1 Å². The number of amides is 3. The van der Waals surface area contributed by atoms with Gasteiger partial charge in [-0.25, -0.2) is 4.98 Å². The summed E-state index contributed by atoms with van der Waals surface area (Å²) in [4.78, 5) is 47.4. The van der Waals surface area contributed by atoms with E-state index >= 15 is 0 Å². The van der Waals surface area contributed by atoms with E-state index in [1.54, 1.807) is 29.2 Å². The van der Waals surface area contributed by atoms with E-state index in [1.165, 1.54) is 11.3 Å². The quantitative estimate of drug-likeness (QED) is 0.477. The summed E-state index contributed by atoms with van der Waals surface area (Å²) in [5.74, 6) is 0.544. The molecule has 0 aliphatic carbocycles.